The Morgan fingerprint density at radius 1 is 0.897 bits per heavy atom. The van der Waals surface area contributed by atoms with Crippen LogP contribution in [0.2, 0.25) is 0 Å². The van der Waals surface area contributed by atoms with Crippen molar-refractivity contribution in [2.24, 2.45) is 52.3 Å². The first-order valence-electron chi connectivity index (χ1n) is 16.2. The molecule has 12 atom stereocenters. The van der Waals surface area contributed by atoms with Crippen molar-refractivity contribution in [1.82, 2.24) is 5.32 Å². The van der Waals surface area contributed by atoms with E-state index in [1.165, 1.54) is 44.9 Å². The van der Waals surface area contributed by atoms with Crippen LogP contribution in [0.4, 0.5) is 10.5 Å². The van der Waals surface area contributed by atoms with Gasteiger partial charge in [-0.3, -0.25) is 0 Å². The molecule has 5 nitrogen and oxygen atoms in total. The Balaban J connectivity index is 1.02. The van der Waals surface area contributed by atoms with Gasteiger partial charge in [0.15, 0.2) is 5.79 Å². The number of anilines is 1. The lowest BCUT2D eigenvalue weighted by Gasteiger charge is -2.61. The SMILES string of the molecule is C[C@H]1CC[C@@]2(OC1)O[C@H]1C[C@H]3[C@@H]4CC[C@@H]5C[C@@H](NC(=O)Nc6ccccc6)CC[C@]5(C)[C@H]4CC[C@]3(C)[C@H]1[C@@H]2C. The minimum Gasteiger partial charge on any atom is -0.349 e. The molecule has 4 aliphatic carbocycles. The number of fused-ring (bicyclic) bond motifs is 7. The zero-order valence-corrected chi connectivity index (χ0v) is 24.6. The lowest BCUT2D eigenvalue weighted by atomic mass is 9.44. The summed E-state index contributed by atoms with van der Waals surface area (Å²) in [4.78, 5) is 12.7. The third-order valence-corrected chi connectivity index (χ3v) is 13.3. The van der Waals surface area contributed by atoms with Gasteiger partial charge in [0, 0.05) is 24.1 Å². The molecule has 6 fully saturated rings. The van der Waals surface area contributed by atoms with Gasteiger partial charge in [-0.25, -0.2) is 4.79 Å². The van der Waals surface area contributed by atoms with E-state index in [9.17, 15) is 4.79 Å². The predicted octanol–water partition coefficient (Wildman–Crippen LogP) is 7.62. The Hall–Kier alpha value is -1.59. The van der Waals surface area contributed by atoms with Gasteiger partial charge in [-0.05, 0) is 116 Å². The first-order valence-corrected chi connectivity index (χ1v) is 16.2. The Morgan fingerprint density at radius 3 is 2.46 bits per heavy atom. The predicted molar refractivity (Wildman–Crippen MR) is 154 cm³/mol. The highest BCUT2D eigenvalue weighted by Crippen LogP contribution is 2.71. The average Bonchev–Trinajstić information content (AvgIpc) is 3.36. The van der Waals surface area contributed by atoms with Gasteiger partial charge in [0.2, 0.25) is 0 Å². The Labute approximate surface area is 235 Å². The van der Waals surface area contributed by atoms with Gasteiger partial charge in [0.25, 0.3) is 0 Å². The fourth-order valence-electron chi connectivity index (χ4n) is 11.3. The van der Waals surface area contributed by atoms with Gasteiger partial charge in [-0.2, -0.15) is 0 Å². The third-order valence-electron chi connectivity index (χ3n) is 13.3. The van der Waals surface area contributed by atoms with Crippen molar-refractivity contribution >= 4 is 11.7 Å². The molecule has 0 radical (unpaired) electrons. The Kier molecular flexibility index (Phi) is 6.39. The highest BCUT2D eigenvalue weighted by molar-refractivity contribution is 5.89. The van der Waals surface area contributed by atoms with Crippen LogP contribution in [-0.2, 0) is 9.47 Å². The molecule has 39 heavy (non-hydrogen) atoms. The van der Waals surface area contributed by atoms with Crippen molar-refractivity contribution < 1.29 is 14.3 Å². The van der Waals surface area contributed by atoms with E-state index in [2.05, 4.69) is 38.3 Å². The number of nitrogens with one attached hydrogen (secondary N) is 2. The molecule has 0 unspecified atom stereocenters. The third kappa shape index (κ3) is 4.11. The minimum atomic E-state index is -0.311. The smallest absolute Gasteiger partial charge is 0.319 e. The molecule has 0 aromatic heterocycles. The maximum atomic E-state index is 12.7. The Morgan fingerprint density at radius 2 is 1.69 bits per heavy atom. The van der Waals surface area contributed by atoms with E-state index < -0.39 is 0 Å². The number of benzene rings is 1. The van der Waals surface area contributed by atoms with Crippen molar-refractivity contribution in [2.75, 3.05) is 11.9 Å². The molecule has 6 aliphatic rings. The second kappa shape index (κ2) is 9.48. The van der Waals surface area contributed by atoms with Crippen molar-refractivity contribution in [1.29, 1.82) is 0 Å². The van der Waals surface area contributed by atoms with E-state index in [1.807, 2.05) is 30.3 Å². The number of hydrogen-bond donors (Lipinski definition) is 2. The molecule has 0 bridgehead atoms. The monoisotopic (exact) mass is 534 g/mol. The van der Waals surface area contributed by atoms with Gasteiger partial charge in [0.1, 0.15) is 0 Å². The largest absolute Gasteiger partial charge is 0.349 e. The summed E-state index contributed by atoms with van der Waals surface area (Å²) in [6.07, 6.45) is 12.8. The van der Waals surface area contributed by atoms with E-state index in [0.29, 0.717) is 34.7 Å². The molecule has 2 aliphatic heterocycles. The molecule has 2 heterocycles. The zero-order valence-electron chi connectivity index (χ0n) is 24.6. The summed E-state index contributed by atoms with van der Waals surface area (Å²) in [5.74, 6) is 4.65. The zero-order chi connectivity index (χ0) is 27.0. The van der Waals surface area contributed by atoms with Crippen LogP contribution in [0.5, 0.6) is 0 Å². The molecule has 2 saturated heterocycles. The molecular formula is C34H50N2O3. The Bertz CT molecular complexity index is 1070. The van der Waals surface area contributed by atoms with E-state index >= 15 is 0 Å². The number of carbonyl (C=O) groups is 1. The van der Waals surface area contributed by atoms with Gasteiger partial charge >= 0.3 is 6.03 Å². The van der Waals surface area contributed by atoms with Crippen molar-refractivity contribution in [2.45, 2.75) is 110 Å². The second-order valence-electron chi connectivity index (χ2n) is 15.1. The summed E-state index contributed by atoms with van der Waals surface area (Å²) < 4.78 is 13.5. The first-order chi connectivity index (χ1) is 18.7. The minimum absolute atomic E-state index is 0.0577. The van der Waals surface area contributed by atoms with Gasteiger partial charge < -0.3 is 20.1 Å². The van der Waals surface area contributed by atoms with Crippen LogP contribution in [0.15, 0.2) is 30.3 Å². The van der Waals surface area contributed by atoms with Gasteiger partial charge in [0.05, 0.1) is 12.7 Å². The molecule has 4 saturated carbocycles. The number of amides is 2. The summed E-state index contributed by atoms with van der Waals surface area (Å²) in [6, 6.07) is 10.0. The summed E-state index contributed by atoms with van der Waals surface area (Å²) >= 11 is 0. The average molecular weight is 535 g/mol. The molecular weight excluding hydrogens is 484 g/mol. The molecule has 7 rings (SSSR count). The molecule has 214 valence electrons. The fourth-order valence-corrected chi connectivity index (χ4v) is 11.3. The second-order valence-corrected chi connectivity index (χ2v) is 15.1. The molecule has 2 N–H and O–H groups in total. The van der Waals surface area contributed by atoms with Crippen molar-refractivity contribution in [3.8, 4) is 0 Å². The number of hydrogen-bond acceptors (Lipinski definition) is 3. The molecule has 2 amide bonds. The highest BCUT2D eigenvalue weighted by atomic mass is 16.7. The number of rotatable bonds is 2. The van der Waals surface area contributed by atoms with Crippen LogP contribution in [-0.4, -0.2) is 30.6 Å². The lowest BCUT2D eigenvalue weighted by molar-refractivity contribution is -0.273. The normalized spacial score (nSPS) is 50.4. The molecule has 1 aromatic rings. The van der Waals surface area contributed by atoms with Crippen LogP contribution in [0.3, 0.4) is 0 Å². The van der Waals surface area contributed by atoms with Crippen LogP contribution in [0, 0.1) is 52.3 Å². The summed E-state index contributed by atoms with van der Waals surface area (Å²) in [5, 5.41) is 6.34. The quantitative estimate of drug-likeness (QED) is 0.410. The van der Waals surface area contributed by atoms with Crippen LogP contribution < -0.4 is 10.6 Å². The maximum absolute atomic E-state index is 12.7. The molecule has 5 heteroatoms. The van der Waals surface area contributed by atoms with Crippen molar-refractivity contribution in [3.63, 3.8) is 0 Å². The van der Waals surface area contributed by atoms with Gasteiger partial charge in [-0.15, -0.1) is 0 Å². The maximum Gasteiger partial charge on any atom is 0.319 e. The number of ether oxygens (including phenoxy) is 2. The van der Waals surface area contributed by atoms with Crippen LogP contribution in [0.25, 0.3) is 0 Å². The first kappa shape index (κ1) is 26.3. The van der Waals surface area contributed by atoms with Crippen LogP contribution in [0.1, 0.15) is 91.9 Å². The topological polar surface area (TPSA) is 59.6 Å². The fraction of sp³-hybridized carbons (Fsp3) is 0.794. The van der Waals surface area contributed by atoms with E-state index in [4.69, 9.17) is 9.47 Å². The van der Waals surface area contributed by atoms with E-state index in [1.54, 1.807) is 0 Å². The van der Waals surface area contributed by atoms with E-state index in [0.717, 1.165) is 55.2 Å². The molecule has 1 spiro atoms. The van der Waals surface area contributed by atoms with Crippen molar-refractivity contribution in [3.05, 3.63) is 30.3 Å². The highest BCUT2D eigenvalue weighted by Gasteiger charge is 2.69. The number of para-hydroxylation sites is 1. The molecule has 1 aromatic carbocycles. The summed E-state index contributed by atoms with van der Waals surface area (Å²) in [5.41, 5.74) is 1.65. The van der Waals surface area contributed by atoms with Gasteiger partial charge in [-0.1, -0.05) is 45.9 Å². The summed E-state index contributed by atoms with van der Waals surface area (Å²) in [6.45, 7) is 10.9. The number of urea groups is 1. The summed E-state index contributed by atoms with van der Waals surface area (Å²) in [7, 11) is 0. The number of carbonyl (C=O) groups excluding carboxylic acids is 1. The van der Waals surface area contributed by atoms with Crippen LogP contribution >= 0.6 is 0 Å². The standard InChI is InChI=1S/C34H50N2O3/c1-21-12-17-34(38-20-21)22(2)30-29(39-34)19-28-26-11-10-23-18-25(36-31(37)35-24-8-6-5-7-9-24)13-15-32(23,3)27(26)14-16-33(28,30)4/h5-9,21-23,25-30H,10-20H2,1-4H3,(H2,35,36,37)/t21-,22-,23+,25-,26+,27-,28-,29-,30-,32-,33-,34+/m0/s1. The van der Waals surface area contributed by atoms with E-state index in [-0.39, 0.29) is 17.9 Å². The lowest BCUT2D eigenvalue weighted by Crippen LogP contribution is -2.56.